The highest BCUT2D eigenvalue weighted by Gasteiger charge is 2.08. The Morgan fingerprint density at radius 2 is 2.06 bits per heavy atom. The molecule has 0 spiro atoms. The zero-order valence-electron chi connectivity index (χ0n) is 10.2. The Bertz CT molecular complexity index is 496. The number of anilines is 1. The van der Waals surface area contributed by atoms with E-state index in [0.29, 0.717) is 0 Å². The van der Waals surface area contributed by atoms with Crippen molar-refractivity contribution >= 4 is 17.0 Å². The zero-order valence-corrected chi connectivity index (χ0v) is 11.0. The monoisotopic (exact) mass is 235 g/mol. The molecule has 0 unspecified atom stereocenters. The molecule has 0 amide bonds. The van der Waals surface area contributed by atoms with E-state index in [1.54, 1.807) is 0 Å². The highest BCUT2D eigenvalue weighted by atomic mass is 32.1. The molecule has 0 fully saturated rings. The van der Waals surface area contributed by atoms with Gasteiger partial charge in [-0.2, -0.15) is 5.10 Å². The van der Waals surface area contributed by atoms with E-state index in [4.69, 9.17) is 0 Å². The van der Waals surface area contributed by atoms with Gasteiger partial charge in [-0.1, -0.05) is 0 Å². The summed E-state index contributed by atoms with van der Waals surface area (Å²) in [6, 6.07) is 4.33. The number of aromatic nitrogens is 2. The van der Waals surface area contributed by atoms with E-state index in [2.05, 4.69) is 36.4 Å². The van der Waals surface area contributed by atoms with E-state index in [9.17, 15) is 0 Å². The molecule has 2 aromatic heterocycles. The van der Waals surface area contributed by atoms with Gasteiger partial charge >= 0.3 is 0 Å². The predicted octanol–water partition coefficient (Wildman–Crippen LogP) is 3.02. The van der Waals surface area contributed by atoms with Crippen molar-refractivity contribution in [3.05, 3.63) is 33.3 Å². The molecule has 2 rings (SSSR count). The summed E-state index contributed by atoms with van der Waals surface area (Å²) in [4.78, 5) is 2.72. The van der Waals surface area contributed by atoms with Gasteiger partial charge in [0.2, 0.25) is 0 Å². The average Bonchev–Trinajstić information content (AvgIpc) is 2.72. The molecule has 0 atom stereocenters. The van der Waals surface area contributed by atoms with Crippen molar-refractivity contribution in [3.8, 4) is 0 Å². The van der Waals surface area contributed by atoms with Crippen LogP contribution in [0.25, 0.3) is 0 Å². The first-order valence-electron chi connectivity index (χ1n) is 5.37. The first-order valence-corrected chi connectivity index (χ1v) is 6.19. The summed E-state index contributed by atoms with van der Waals surface area (Å²) in [5, 5.41) is 7.84. The number of thiophene rings is 1. The second kappa shape index (κ2) is 4.29. The second-order valence-electron chi connectivity index (χ2n) is 4.04. The molecule has 0 aliphatic heterocycles. The number of aryl methyl sites for hydroxylation is 3. The lowest BCUT2D eigenvalue weighted by atomic mass is 10.3. The summed E-state index contributed by atoms with van der Waals surface area (Å²) in [6.07, 6.45) is 0. The van der Waals surface area contributed by atoms with E-state index in [-0.39, 0.29) is 0 Å². The molecule has 16 heavy (non-hydrogen) atoms. The van der Waals surface area contributed by atoms with Crippen molar-refractivity contribution < 1.29 is 0 Å². The number of nitrogens with zero attached hydrogens (tertiary/aromatic N) is 2. The van der Waals surface area contributed by atoms with Crippen LogP contribution in [-0.4, -0.2) is 9.78 Å². The van der Waals surface area contributed by atoms with Gasteiger partial charge in [-0.15, -0.1) is 11.3 Å². The number of hydrogen-bond acceptors (Lipinski definition) is 3. The molecule has 4 heteroatoms. The lowest BCUT2D eigenvalue weighted by molar-refractivity contribution is 0.731. The summed E-state index contributed by atoms with van der Waals surface area (Å²) >= 11 is 1.84. The number of rotatable bonds is 3. The Morgan fingerprint density at radius 3 is 2.56 bits per heavy atom. The van der Waals surface area contributed by atoms with Crippen LogP contribution in [0.3, 0.4) is 0 Å². The third kappa shape index (κ3) is 2.11. The van der Waals surface area contributed by atoms with Gasteiger partial charge < -0.3 is 5.32 Å². The van der Waals surface area contributed by atoms with Crippen LogP contribution in [0.2, 0.25) is 0 Å². The molecule has 1 N–H and O–H groups in total. The molecule has 2 heterocycles. The zero-order chi connectivity index (χ0) is 11.7. The van der Waals surface area contributed by atoms with Crippen LogP contribution < -0.4 is 5.32 Å². The van der Waals surface area contributed by atoms with Gasteiger partial charge in [0.15, 0.2) is 0 Å². The molecule has 0 aromatic carbocycles. The van der Waals surface area contributed by atoms with E-state index < -0.39 is 0 Å². The minimum absolute atomic E-state index is 0.881. The Hall–Kier alpha value is -1.29. The highest BCUT2D eigenvalue weighted by molar-refractivity contribution is 7.11. The molecule has 0 aliphatic rings. The van der Waals surface area contributed by atoms with Gasteiger partial charge in [-0.3, -0.25) is 4.68 Å². The minimum Gasteiger partial charge on any atom is -0.377 e. The fourth-order valence-electron chi connectivity index (χ4n) is 1.79. The normalized spacial score (nSPS) is 10.8. The number of nitrogens with one attached hydrogen (secondary N) is 1. The predicted molar refractivity (Wildman–Crippen MR) is 69.1 cm³/mol. The van der Waals surface area contributed by atoms with Crippen LogP contribution >= 0.6 is 11.3 Å². The molecule has 0 aliphatic carbocycles. The summed E-state index contributed by atoms with van der Waals surface area (Å²) in [7, 11) is 1.98. The first-order chi connectivity index (χ1) is 7.58. The molecule has 2 aromatic rings. The lowest BCUT2D eigenvalue weighted by Gasteiger charge is -2.04. The quantitative estimate of drug-likeness (QED) is 0.886. The van der Waals surface area contributed by atoms with Crippen LogP contribution in [0, 0.1) is 20.8 Å². The average molecular weight is 235 g/mol. The molecular weight excluding hydrogens is 218 g/mol. The van der Waals surface area contributed by atoms with Crippen LogP contribution in [-0.2, 0) is 13.6 Å². The van der Waals surface area contributed by atoms with Crippen LogP contribution in [0.4, 0.5) is 5.69 Å². The third-order valence-electron chi connectivity index (χ3n) is 2.74. The first kappa shape index (κ1) is 11.2. The van der Waals surface area contributed by atoms with Gasteiger partial charge in [-0.25, -0.2) is 0 Å². The standard InChI is InChI=1S/C12H17N3S/c1-8-5-6-11(16-8)7-13-12-9(2)14-15(4)10(12)3/h5-6,13H,7H2,1-4H3. The van der Waals surface area contributed by atoms with Gasteiger partial charge in [0.1, 0.15) is 0 Å². The third-order valence-corrected chi connectivity index (χ3v) is 3.75. The van der Waals surface area contributed by atoms with Crippen molar-refractivity contribution in [1.82, 2.24) is 9.78 Å². The Labute approximate surface area is 100 Å². The van der Waals surface area contributed by atoms with Crippen molar-refractivity contribution in [1.29, 1.82) is 0 Å². The Kier molecular flexibility index (Phi) is 3.01. The van der Waals surface area contributed by atoms with Gasteiger partial charge in [0, 0.05) is 23.3 Å². The lowest BCUT2D eigenvalue weighted by Crippen LogP contribution is -2.00. The fourth-order valence-corrected chi connectivity index (χ4v) is 2.62. The van der Waals surface area contributed by atoms with E-state index in [1.807, 2.05) is 30.0 Å². The molecule has 0 saturated carbocycles. The maximum absolute atomic E-state index is 4.39. The van der Waals surface area contributed by atoms with Crippen molar-refractivity contribution in [2.24, 2.45) is 7.05 Å². The van der Waals surface area contributed by atoms with E-state index in [0.717, 1.165) is 17.9 Å². The molecule has 3 nitrogen and oxygen atoms in total. The van der Waals surface area contributed by atoms with Crippen LogP contribution in [0.15, 0.2) is 12.1 Å². The minimum atomic E-state index is 0.881. The summed E-state index contributed by atoms with van der Waals surface area (Å²) < 4.78 is 1.91. The molecule has 86 valence electrons. The maximum atomic E-state index is 4.39. The summed E-state index contributed by atoms with van der Waals surface area (Å²) in [5.74, 6) is 0. The smallest absolute Gasteiger partial charge is 0.0827 e. The van der Waals surface area contributed by atoms with Crippen LogP contribution in [0.5, 0.6) is 0 Å². The SMILES string of the molecule is Cc1ccc(CNc2c(C)nn(C)c2C)s1. The topological polar surface area (TPSA) is 29.9 Å². The van der Waals surface area contributed by atoms with Crippen LogP contribution in [0.1, 0.15) is 21.1 Å². The second-order valence-corrected chi connectivity index (χ2v) is 5.41. The van der Waals surface area contributed by atoms with Crippen molar-refractivity contribution in [2.45, 2.75) is 27.3 Å². The molecule has 0 radical (unpaired) electrons. The number of hydrogen-bond donors (Lipinski definition) is 1. The fraction of sp³-hybridized carbons (Fsp3) is 0.417. The molecule has 0 bridgehead atoms. The van der Waals surface area contributed by atoms with Crippen molar-refractivity contribution in [2.75, 3.05) is 5.32 Å². The van der Waals surface area contributed by atoms with Gasteiger partial charge in [-0.05, 0) is 32.9 Å². The van der Waals surface area contributed by atoms with Crippen molar-refractivity contribution in [3.63, 3.8) is 0 Å². The van der Waals surface area contributed by atoms with E-state index in [1.165, 1.54) is 15.4 Å². The van der Waals surface area contributed by atoms with Gasteiger partial charge in [0.25, 0.3) is 0 Å². The highest BCUT2D eigenvalue weighted by Crippen LogP contribution is 2.21. The molecule has 0 saturated heterocycles. The van der Waals surface area contributed by atoms with E-state index >= 15 is 0 Å². The summed E-state index contributed by atoms with van der Waals surface area (Å²) in [6.45, 7) is 7.14. The summed E-state index contributed by atoms with van der Waals surface area (Å²) in [5.41, 5.74) is 3.41. The largest absolute Gasteiger partial charge is 0.377 e. The Morgan fingerprint density at radius 1 is 1.31 bits per heavy atom. The van der Waals surface area contributed by atoms with Gasteiger partial charge in [0.05, 0.1) is 17.1 Å². The Balaban J connectivity index is 2.10. The maximum Gasteiger partial charge on any atom is 0.0827 e. The molecular formula is C12H17N3S.